The quantitative estimate of drug-likeness (QED) is 0.711. The van der Waals surface area contributed by atoms with Crippen LogP contribution in [0.3, 0.4) is 0 Å². The summed E-state index contributed by atoms with van der Waals surface area (Å²) in [5, 5.41) is 6.37. The molecular weight excluding hydrogens is 393 g/mol. The Labute approximate surface area is 168 Å². The van der Waals surface area contributed by atoms with Gasteiger partial charge in [-0.2, -0.15) is 5.10 Å². The summed E-state index contributed by atoms with van der Waals surface area (Å²) in [6.07, 6.45) is 0.782. The van der Waals surface area contributed by atoms with E-state index in [1.54, 1.807) is 53.4 Å². The van der Waals surface area contributed by atoms with Gasteiger partial charge in [0.25, 0.3) is 5.91 Å². The average molecular weight is 413 g/mol. The largest absolute Gasteiger partial charge is 0.337 e. The highest BCUT2D eigenvalue weighted by molar-refractivity contribution is 7.92. The van der Waals surface area contributed by atoms with Gasteiger partial charge in [-0.3, -0.25) is 9.89 Å². The molecule has 150 valence electrons. The van der Waals surface area contributed by atoms with Gasteiger partial charge in [0, 0.05) is 18.7 Å². The summed E-state index contributed by atoms with van der Waals surface area (Å²) in [5.74, 6) is -0.560. The Balaban J connectivity index is 1.43. The number of hydrogen-bond acceptors (Lipinski definition) is 4. The van der Waals surface area contributed by atoms with Gasteiger partial charge >= 0.3 is 0 Å². The van der Waals surface area contributed by atoms with E-state index < -0.39 is 15.1 Å². The molecule has 0 atom stereocenters. The van der Waals surface area contributed by atoms with Gasteiger partial charge in [0.15, 0.2) is 9.84 Å². The van der Waals surface area contributed by atoms with Gasteiger partial charge in [0.2, 0.25) is 0 Å². The molecule has 6 nitrogen and oxygen atoms in total. The molecule has 0 aliphatic carbocycles. The van der Waals surface area contributed by atoms with Crippen molar-refractivity contribution in [2.45, 2.75) is 23.0 Å². The minimum absolute atomic E-state index is 0.221. The molecule has 8 heteroatoms. The number of aromatic amines is 1. The Morgan fingerprint density at radius 1 is 1.03 bits per heavy atom. The van der Waals surface area contributed by atoms with Gasteiger partial charge in [-0.1, -0.05) is 18.2 Å². The molecule has 0 spiro atoms. The molecular formula is C21H20FN3O3S. The first-order valence-electron chi connectivity index (χ1n) is 9.35. The average Bonchev–Trinajstić information content (AvgIpc) is 3.25. The number of rotatable bonds is 4. The minimum Gasteiger partial charge on any atom is -0.337 e. The molecule has 1 aromatic heterocycles. The summed E-state index contributed by atoms with van der Waals surface area (Å²) in [7, 11) is -3.40. The Hall–Kier alpha value is -3.00. The number of hydrogen-bond donors (Lipinski definition) is 1. The lowest BCUT2D eigenvalue weighted by atomic mass is 10.1. The maximum Gasteiger partial charge on any atom is 0.271 e. The molecule has 2 heterocycles. The molecule has 0 bridgehead atoms. The molecule has 1 amide bonds. The number of nitrogens with one attached hydrogen (secondary N) is 1. The van der Waals surface area contributed by atoms with E-state index in [-0.39, 0.29) is 11.7 Å². The Morgan fingerprint density at radius 3 is 2.34 bits per heavy atom. The van der Waals surface area contributed by atoms with Crippen LogP contribution in [-0.4, -0.2) is 47.8 Å². The van der Waals surface area contributed by atoms with Crippen LogP contribution in [0.25, 0.3) is 11.3 Å². The molecule has 29 heavy (non-hydrogen) atoms. The SMILES string of the molecule is O=C(c1cc(-c2ccc(F)cc2)n[nH]1)N1CCC(S(=O)(=O)c2ccccc2)CC1. The fraction of sp³-hybridized carbons (Fsp3) is 0.238. The predicted molar refractivity (Wildman–Crippen MR) is 107 cm³/mol. The summed E-state index contributed by atoms with van der Waals surface area (Å²) in [5.41, 5.74) is 1.58. The van der Waals surface area contributed by atoms with Crippen molar-refractivity contribution in [2.75, 3.05) is 13.1 Å². The summed E-state index contributed by atoms with van der Waals surface area (Å²) >= 11 is 0. The van der Waals surface area contributed by atoms with Crippen molar-refractivity contribution in [3.63, 3.8) is 0 Å². The number of carbonyl (C=O) groups excluding carboxylic acids is 1. The molecule has 1 aliphatic heterocycles. The second-order valence-electron chi connectivity index (χ2n) is 7.02. The molecule has 1 aliphatic rings. The lowest BCUT2D eigenvalue weighted by molar-refractivity contribution is 0.0719. The fourth-order valence-corrected chi connectivity index (χ4v) is 5.29. The number of H-pyrrole nitrogens is 1. The molecule has 0 saturated carbocycles. The Kier molecular flexibility index (Phi) is 5.19. The number of piperidine rings is 1. The normalized spacial score (nSPS) is 15.4. The predicted octanol–water partition coefficient (Wildman–Crippen LogP) is 3.29. The van der Waals surface area contributed by atoms with Crippen LogP contribution < -0.4 is 0 Å². The zero-order valence-corrected chi connectivity index (χ0v) is 16.4. The number of carbonyl (C=O) groups is 1. The Bertz CT molecular complexity index is 1100. The van der Waals surface area contributed by atoms with Crippen molar-refractivity contribution in [1.29, 1.82) is 0 Å². The van der Waals surface area contributed by atoms with Crippen molar-refractivity contribution in [1.82, 2.24) is 15.1 Å². The van der Waals surface area contributed by atoms with Crippen LogP contribution in [0.4, 0.5) is 4.39 Å². The number of amides is 1. The number of benzene rings is 2. The zero-order valence-electron chi connectivity index (χ0n) is 15.6. The highest BCUT2D eigenvalue weighted by atomic mass is 32.2. The van der Waals surface area contributed by atoms with Crippen molar-refractivity contribution < 1.29 is 17.6 Å². The molecule has 3 aromatic rings. The number of sulfone groups is 1. The number of halogens is 1. The summed E-state index contributed by atoms with van der Waals surface area (Å²) in [4.78, 5) is 14.7. The number of nitrogens with zero attached hydrogens (tertiary/aromatic N) is 2. The topological polar surface area (TPSA) is 83.1 Å². The van der Waals surface area contributed by atoms with Gasteiger partial charge < -0.3 is 4.90 Å². The van der Waals surface area contributed by atoms with E-state index in [2.05, 4.69) is 10.2 Å². The second kappa shape index (κ2) is 7.79. The van der Waals surface area contributed by atoms with Crippen molar-refractivity contribution in [3.8, 4) is 11.3 Å². The molecule has 0 unspecified atom stereocenters. The van der Waals surface area contributed by atoms with E-state index in [9.17, 15) is 17.6 Å². The number of aromatic nitrogens is 2. The van der Waals surface area contributed by atoms with E-state index in [0.717, 1.165) is 0 Å². The van der Waals surface area contributed by atoms with Gasteiger partial charge in [-0.05, 0) is 55.3 Å². The number of likely N-dealkylation sites (tertiary alicyclic amines) is 1. The first kappa shape index (κ1) is 19.3. The van der Waals surface area contributed by atoms with Crippen LogP contribution in [-0.2, 0) is 9.84 Å². The zero-order chi connectivity index (χ0) is 20.4. The van der Waals surface area contributed by atoms with Crippen molar-refractivity contribution in [3.05, 3.63) is 72.2 Å². The highest BCUT2D eigenvalue weighted by Gasteiger charge is 2.33. The van der Waals surface area contributed by atoms with Gasteiger partial charge in [0.05, 0.1) is 15.8 Å². The third kappa shape index (κ3) is 3.93. The van der Waals surface area contributed by atoms with Gasteiger partial charge in [-0.15, -0.1) is 0 Å². The second-order valence-corrected chi connectivity index (χ2v) is 9.25. The van der Waals surface area contributed by atoms with Crippen LogP contribution in [0, 0.1) is 5.82 Å². The third-order valence-electron chi connectivity index (χ3n) is 5.19. The monoisotopic (exact) mass is 413 g/mol. The maximum atomic E-state index is 13.1. The maximum absolute atomic E-state index is 13.1. The van der Waals surface area contributed by atoms with Crippen LogP contribution >= 0.6 is 0 Å². The van der Waals surface area contributed by atoms with E-state index in [1.807, 2.05) is 0 Å². The van der Waals surface area contributed by atoms with Crippen molar-refractivity contribution >= 4 is 15.7 Å². The minimum atomic E-state index is -3.40. The first-order chi connectivity index (χ1) is 13.9. The van der Waals surface area contributed by atoms with Gasteiger partial charge in [0.1, 0.15) is 11.5 Å². The smallest absolute Gasteiger partial charge is 0.271 e. The molecule has 1 N–H and O–H groups in total. The van der Waals surface area contributed by atoms with Crippen LogP contribution in [0.1, 0.15) is 23.3 Å². The van der Waals surface area contributed by atoms with E-state index >= 15 is 0 Å². The molecule has 1 saturated heterocycles. The van der Waals surface area contributed by atoms with E-state index in [1.165, 1.54) is 12.1 Å². The summed E-state index contributed by atoms with van der Waals surface area (Å²) < 4.78 is 38.6. The standard InChI is InChI=1S/C21H20FN3O3S/c22-16-8-6-15(7-9-16)19-14-20(24-23-19)21(26)25-12-10-18(11-13-25)29(27,28)17-4-2-1-3-5-17/h1-9,14,18H,10-13H2,(H,23,24). The molecule has 4 rings (SSSR count). The highest BCUT2D eigenvalue weighted by Crippen LogP contribution is 2.26. The van der Waals surface area contributed by atoms with Crippen LogP contribution in [0.2, 0.25) is 0 Å². The van der Waals surface area contributed by atoms with Gasteiger partial charge in [-0.25, -0.2) is 12.8 Å². The van der Waals surface area contributed by atoms with Crippen molar-refractivity contribution in [2.24, 2.45) is 0 Å². The fourth-order valence-electron chi connectivity index (χ4n) is 3.54. The molecule has 2 aromatic carbocycles. The summed E-state index contributed by atoms with van der Waals surface area (Å²) in [6.45, 7) is 0.723. The Morgan fingerprint density at radius 2 is 1.69 bits per heavy atom. The first-order valence-corrected chi connectivity index (χ1v) is 10.9. The lowest BCUT2D eigenvalue weighted by Gasteiger charge is -2.31. The molecule has 0 radical (unpaired) electrons. The molecule has 1 fully saturated rings. The van der Waals surface area contributed by atoms with Crippen LogP contribution in [0.15, 0.2) is 65.6 Å². The van der Waals surface area contributed by atoms with E-state index in [4.69, 9.17) is 0 Å². The van der Waals surface area contributed by atoms with E-state index in [0.29, 0.717) is 47.8 Å². The lowest BCUT2D eigenvalue weighted by Crippen LogP contribution is -2.42. The van der Waals surface area contributed by atoms with Crippen LogP contribution in [0.5, 0.6) is 0 Å². The summed E-state index contributed by atoms with van der Waals surface area (Å²) in [6, 6.07) is 15.9. The third-order valence-corrected chi connectivity index (χ3v) is 7.47.